The number of hydrogen-bond acceptors (Lipinski definition) is 3. The van der Waals surface area contributed by atoms with Crippen molar-refractivity contribution in [1.29, 1.82) is 0 Å². The first-order valence-corrected chi connectivity index (χ1v) is 4.55. The summed E-state index contributed by atoms with van der Waals surface area (Å²) in [5.41, 5.74) is 8.25. The lowest BCUT2D eigenvalue weighted by Crippen LogP contribution is -2.51. The molecule has 0 amide bonds. The van der Waals surface area contributed by atoms with Gasteiger partial charge in [0, 0.05) is 0 Å². The molecule has 0 bridgehead atoms. The van der Waals surface area contributed by atoms with Crippen LogP contribution in [0.15, 0.2) is 0 Å². The summed E-state index contributed by atoms with van der Waals surface area (Å²) >= 11 is 0. The van der Waals surface area contributed by atoms with Crippen LogP contribution in [0.5, 0.6) is 0 Å². The van der Waals surface area contributed by atoms with E-state index in [1.807, 2.05) is 13.8 Å². The Hall–Kier alpha value is -1.03. The molecule has 1 saturated heterocycles. The van der Waals surface area contributed by atoms with Gasteiger partial charge in [0.05, 0.1) is 12.2 Å². The van der Waals surface area contributed by atoms with Gasteiger partial charge in [0.2, 0.25) is 5.79 Å². The van der Waals surface area contributed by atoms with Gasteiger partial charge in [0.25, 0.3) is 5.78 Å². The SMILES string of the molecule is C[C@@H]1C[C@H](C)OC(C)(C(=O)C=[N+]=[N-])O1. The van der Waals surface area contributed by atoms with E-state index >= 15 is 0 Å². The molecule has 78 valence electrons. The van der Waals surface area contributed by atoms with Crippen LogP contribution in [0, 0.1) is 0 Å². The molecule has 0 saturated carbocycles. The average molecular weight is 198 g/mol. The van der Waals surface area contributed by atoms with Gasteiger partial charge < -0.3 is 15.0 Å². The molecule has 0 spiro atoms. The van der Waals surface area contributed by atoms with Gasteiger partial charge in [-0.15, -0.1) is 0 Å². The van der Waals surface area contributed by atoms with Crippen LogP contribution in [0.2, 0.25) is 0 Å². The van der Waals surface area contributed by atoms with Gasteiger partial charge in [-0.1, -0.05) is 0 Å². The Morgan fingerprint density at radius 2 is 2.00 bits per heavy atom. The molecule has 0 aliphatic carbocycles. The Kier molecular flexibility index (Phi) is 3.16. The maximum Gasteiger partial charge on any atom is 0.328 e. The summed E-state index contributed by atoms with van der Waals surface area (Å²) in [7, 11) is 0. The number of ether oxygens (including phenoxy) is 2. The van der Waals surface area contributed by atoms with Crippen LogP contribution >= 0.6 is 0 Å². The molecule has 3 atom stereocenters. The van der Waals surface area contributed by atoms with E-state index in [4.69, 9.17) is 15.0 Å². The fourth-order valence-corrected chi connectivity index (χ4v) is 1.65. The van der Waals surface area contributed by atoms with E-state index in [2.05, 4.69) is 4.79 Å². The molecule has 1 aliphatic heterocycles. The summed E-state index contributed by atoms with van der Waals surface area (Å²) < 4.78 is 10.8. The number of carbonyl (C=O) groups excluding carboxylic acids is 1. The molecule has 1 unspecified atom stereocenters. The van der Waals surface area contributed by atoms with Crippen molar-refractivity contribution in [1.82, 2.24) is 0 Å². The zero-order valence-corrected chi connectivity index (χ0v) is 8.56. The third-order valence-electron chi connectivity index (χ3n) is 2.14. The summed E-state index contributed by atoms with van der Waals surface area (Å²) in [6.07, 6.45) is 1.46. The fraction of sp³-hybridized carbons (Fsp3) is 0.778. The van der Waals surface area contributed by atoms with Crippen LogP contribution < -0.4 is 0 Å². The number of Topliss-reactive ketones (excluding diaryl/α,β-unsaturated/α-hetero) is 1. The predicted molar refractivity (Wildman–Crippen MR) is 48.8 cm³/mol. The molecule has 0 N–H and O–H groups in total. The largest absolute Gasteiger partial charge is 0.361 e. The molecular weight excluding hydrogens is 184 g/mol. The lowest BCUT2D eigenvalue weighted by molar-refractivity contribution is -0.282. The van der Waals surface area contributed by atoms with Gasteiger partial charge in [0.15, 0.2) is 0 Å². The van der Waals surface area contributed by atoms with Gasteiger partial charge in [0.1, 0.15) is 0 Å². The van der Waals surface area contributed by atoms with E-state index in [0.29, 0.717) is 0 Å². The third-order valence-corrected chi connectivity index (χ3v) is 2.14. The van der Waals surface area contributed by atoms with Crippen LogP contribution in [-0.2, 0) is 14.3 Å². The fourth-order valence-electron chi connectivity index (χ4n) is 1.65. The standard InChI is InChI=1S/C9H14N2O3/c1-6-4-7(2)14-9(3,13-6)8(12)5-11-10/h5-7H,4H2,1-3H3/t6-,7+,9?. The van der Waals surface area contributed by atoms with Crippen molar-refractivity contribution >= 4 is 12.0 Å². The van der Waals surface area contributed by atoms with Crippen LogP contribution in [0.25, 0.3) is 5.53 Å². The molecule has 5 heteroatoms. The van der Waals surface area contributed by atoms with Gasteiger partial charge in [-0.25, -0.2) is 0 Å². The number of rotatable bonds is 2. The molecule has 0 aromatic rings. The van der Waals surface area contributed by atoms with E-state index in [1.54, 1.807) is 0 Å². The Morgan fingerprint density at radius 3 is 2.43 bits per heavy atom. The van der Waals surface area contributed by atoms with Crippen molar-refractivity contribution in [2.24, 2.45) is 0 Å². The van der Waals surface area contributed by atoms with E-state index < -0.39 is 11.6 Å². The lowest BCUT2D eigenvalue weighted by Gasteiger charge is -2.37. The van der Waals surface area contributed by atoms with Crippen molar-refractivity contribution in [3.8, 4) is 0 Å². The second-order valence-electron chi connectivity index (χ2n) is 3.65. The molecular formula is C9H14N2O3. The summed E-state index contributed by atoms with van der Waals surface area (Å²) in [4.78, 5) is 14.1. The number of hydrogen-bond donors (Lipinski definition) is 0. The molecule has 5 nitrogen and oxygen atoms in total. The second kappa shape index (κ2) is 4.00. The van der Waals surface area contributed by atoms with Gasteiger partial charge in [-0.2, -0.15) is 4.79 Å². The van der Waals surface area contributed by atoms with Crippen LogP contribution in [0.1, 0.15) is 27.2 Å². The van der Waals surface area contributed by atoms with Gasteiger partial charge in [-0.3, -0.25) is 4.79 Å². The molecule has 0 radical (unpaired) electrons. The molecule has 1 heterocycles. The first kappa shape index (κ1) is 11.0. The highest BCUT2D eigenvalue weighted by molar-refractivity contribution is 6.28. The topological polar surface area (TPSA) is 71.9 Å². The van der Waals surface area contributed by atoms with E-state index in [1.165, 1.54) is 6.92 Å². The Balaban J connectivity index is 2.81. The molecule has 14 heavy (non-hydrogen) atoms. The van der Waals surface area contributed by atoms with Crippen molar-refractivity contribution in [2.45, 2.75) is 45.2 Å². The normalized spacial score (nSPS) is 37.4. The van der Waals surface area contributed by atoms with Gasteiger partial charge >= 0.3 is 6.21 Å². The molecule has 1 aliphatic rings. The lowest BCUT2D eigenvalue weighted by atomic mass is 10.1. The van der Waals surface area contributed by atoms with Crippen LogP contribution in [0.4, 0.5) is 0 Å². The zero-order valence-electron chi connectivity index (χ0n) is 8.56. The monoisotopic (exact) mass is 198 g/mol. The van der Waals surface area contributed by atoms with E-state index in [0.717, 1.165) is 12.6 Å². The zero-order chi connectivity index (χ0) is 10.8. The minimum Gasteiger partial charge on any atom is -0.361 e. The van der Waals surface area contributed by atoms with Crippen LogP contribution in [0.3, 0.4) is 0 Å². The van der Waals surface area contributed by atoms with E-state index in [9.17, 15) is 4.79 Å². The first-order valence-electron chi connectivity index (χ1n) is 4.55. The Labute approximate surface area is 82.6 Å². The molecule has 0 aromatic carbocycles. The van der Waals surface area contributed by atoms with Gasteiger partial charge in [-0.05, 0) is 27.2 Å². The minimum atomic E-state index is -1.32. The number of carbonyl (C=O) groups is 1. The molecule has 0 aromatic heterocycles. The highest BCUT2D eigenvalue weighted by Crippen LogP contribution is 2.26. The first-order chi connectivity index (χ1) is 6.48. The Morgan fingerprint density at radius 1 is 1.50 bits per heavy atom. The highest BCUT2D eigenvalue weighted by atomic mass is 16.7. The maximum absolute atomic E-state index is 11.5. The second-order valence-corrected chi connectivity index (χ2v) is 3.65. The molecule has 1 fully saturated rings. The number of nitrogens with zero attached hydrogens (tertiary/aromatic N) is 2. The maximum atomic E-state index is 11.5. The smallest absolute Gasteiger partial charge is 0.328 e. The summed E-state index contributed by atoms with van der Waals surface area (Å²) in [6.45, 7) is 5.28. The summed E-state index contributed by atoms with van der Waals surface area (Å²) in [5.74, 6) is -1.80. The minimum absolute atomic E-state index is 0.0419. The predicted octanol–water partition coefficient (Wildman–Crippen LogP) is 0.786. The van der Waals surface area contributed by atoms with E-state index in [-0.39, 0.29) is 12.2 Å². The van der Waals surface area contributed by atoms with Crippen LogP contribution in [-0.4, -0.2) is 34.8 Å². The third kappa shape index (κ3) is 2.26. The molecule has 1 rings (SSSR count). The quantitative estimate of drug-likeness (QED) is 0.374. The summed E-state index contributed by atoms with van der Waals surface area (Å²) in [5, 5.41) is 0. The van der Waals surface area contributed by atoms with Crippen molar-refractivity contribution in [3.05, 3.63) is 5.53 Å². The summed E-state index contributed by atoms with van der Waals surface area (Å²) in [6, 6.07) is 0. The Bertz CT molecular complexity index is 274. The van der Waals surface area contributed by atoms with Crippen molar-refractivity contribution < 1.29 is 19.1 Å². The van der Waals surface area contributed by atoms with Crippen molar-refractivity contribution in [3.63, 3.8) is 0 Å². The highest BCUT2D eigenvalue weighted by Gasteiger charge is 2.43. The number of ketones is 1. The van der Waals surface area contributed by atoms with Crippen molar-refractivity contribution in [2.75, 3.05) is 0 Å². The average Bonchev–Trinajstić information content (AvgIpc) is 2.01.